The second-order valence-electron chi connectivity index (χ2n) is 5.35. The number of aromatic nitrogens is 1. The molecule has 5 nitrogen and oxygen atoms in total. The highest BCUT2D eigenvalue weighted by Crippen LogP contribution is 2.19. The van der Waals surface area contributed by atoms with Crippen molar-refractivity contribution in [2.24, 2.45) is 0 Å². The van der Waals surface area contributed by atoms with Gasteiger partial charge in [0.2, 0.25) is 10.0 Å². The summed E-state index contributed by atoms with van der Waals surface area (Å²) in [7, 11) is -3.28. The maximum Gasteiger partial charge on any atom is 0.232 e. The SMILES string of the molecule is CCCS(=O)(=O)Nc1ccc(Nc2cc(C)cc(C)c2)nc1. The molecule has 1 heterocycles. The molecular weight excluding hydrogens is 298 g/mol. The van der Waals surface area contributed by atoms with Crippen molar-refractivity contribution in [3.05, 3.63) is 47.7 Å². The van der Waals surface area contributed by atoms with Gasteiger partial charge in [0, 0.05) is 5.69 Å². The molecule has 0 aliphatic rings. The van der Waals surface area contributed by atoms with Crippen molar-refractivity contribution in [3.63, 3.8) is 0 Å². The van der Waals surface area contributed by atoms with Gasteiger partial charge in [0.1, 0.15) is 5.82 Å². The number of anilines is 3. The van der Waals surface area contributed by atoms with Crippen molar-refractivity contribution in [1.29, 1.82) is 0 Å². The molecule has 2 aromatic rings. The zero-order valence-electron chi connectivity index (χ0n) is 13.1. The Kier molecular flexibility index (Phi) is 5.03. The predicted molar refractivity (Wildman–Crippen MR) is 91.1 cm³/mol. The summed E-state index contributed by atoms with van der Waals surface area (Å²) in [5.74, 6) is 0.777. The maximum atomic E-state index is 11.7. The molecule has 0 aliphatic heterocycles. The van der Waals surface area contributed by atoms with Gasteiger partial charge in [-0.2, -0.15) is 0 Å². The Morgan fingerprint density at radius 1 is 1.05 bits per heavy atom. The number of hydrogen-bond acceptors (Lipinski definition) is 4. The standard InChI is InChI=1S/C16H21N3O2S/c1-4-7-22(20,21)19-14-5-6-16(17-11-14)18-15-9-12(2)8-13(3)10-15/h5-6,8-11,19H,4,7H2,1-3H3,(H,17,18). The Morgan fingerprint density at radius 3 is 2.27 bits per heavy atom. The summed E-state index contributed by atoms with van der Waals surface area (Å²) in [6, 6.07) is 9.62. The molecule has 6 heteroatoms. The number of nitrogens with one attached hydrogen (secondary N) is 2. The van der Waals surface area contributed by atoms with Gasteiger partial charge < -0.3 is 5.32 Å². The van der Waals surface area contributed by atoms with Gasteiger partial charge >= 0.3 is 0 Å². The van der Waals surface area contributed by atoms with Gasteiger partial charge in [-0.25, -0.2) is 13.4 Å². The fourth-order valence-corrected chi connectivity index (χ4v) is 3.34. The van der Waals surface area contributed by atoms with Gasteiger partial charge in [-0.15, -0.1) is 0 Å². The predicted octanol–water partition coefficient (Wildman–Crippen LogP) is 3.59. The van der Waals surface area contributed by atoms with E-state index in [-0.39, 0.29) is 5.75 Å². The number of aryl methyl sites for hydroxylation is 2. The number of rotatable bonds is 6. The van der Waals surface area contributed by atoms with Crippen molar-refractivity contribution in [3.8, 4) is 0 Å². The van der Waals surface area contributed by atoms with Crippen LogP contribution in [0.4, 0.5) is 17.2 Å². The van der Waals surface area contributed by atoms with Crippen molar-refractivity contribution in [2.75, 3.05) is 15.8 Å². The third kappa shape index (κ3) is 4.73. The highest BCUT2D eigenvalue weighted by molar-refractivity contribution is 7.92. The van der Waals surface area contributed by atoms with Gasteiger partial charge in [0.25, 0.3) is 0 Å². The van der Waals surface area contributed by atoms with Crippen LogP contribution in [0.3, 0.4) is 0 Å². The smallest absolute Gasteiger partial charge is 0.232 e. The largest absolute Gasteiger partial charge is 0.340 e. The van der Waals surface area contributed by atoms with E-state index in [4.69, 9.17) is 0 Å². The fraction of sp³-hybridized carbons (Fsp3) is 0.312. The Morgan fingerprint density at radius 2 is 1.73 bits per heavy atom. The van der Waals surface area contributed by atoms with Gasteiger partial charge in [-0.1, -0.05) is 13.0 Å². The zero-order valence-corrected chi connectivity index (χ0v) is 13.9. The minimum atomic E-state index is -3.28. The van der Waals surface area contributed by atoms with E-state index < -0.39 is 10.0 Å². The number of pyridine rings is 1. The molecule has 0 spiro atoms. The van der Waals surface area contributed by atoms with E-state index in [2.05, 4.69) is 21.1 Å². The van der Waals surface area contributed by atoms with Crippen LogP contribution in [0, 0.1) is 13.8 Å². The molecule has 0 fully saturated rings. The fourth-order valence-electron chi connectivity index (χ4n) is 2.22. The van der Waals surface area contributed by atoms with Crippen molar-refractivity contribution in [1.82, 2.24) is 4.98 Å². The van der Waals surface area contributed by atoms with Crippen LogP contribution in [0.5, 0.6) is 0 Å². The van der Waals surface area contributed by atoms with Gasteiger partial charge in [0.15, 0.2) is 0 Å². The van der Waals surface area contributed by atoms with Crippen LogP contribution in [-0.2, 0) is 10.0 Å². The topological polar surface area (TPSA) is 71.1 Å². The van der Waals surface area contributed by atoms with E-state index in [0.29, 0.717) is 17.9 Å². The van der Waals surface area contributed by atoms with E-state index in [1.165, 1.54) is 17.3 Å². The Balaban J connectivity index is 2.09. The van der Waals surface area contributed by atoms with Crippen molar-refractivity contribution in [2.45, 2.75) is 27.2 Å². The number of nitrogens with zero attached hydrogens (tertiary/aromatic N) is 1. The molecule has 0 radical (unpaired) electrons. The van der Waals surface area contributed by atoms with Crippen LogP contribution in [0.2, 0.25) is 0 Å². The van der Waals surface area contributed by atoms with Crippen LogP contribution in [-0.4, -0.2) is 19.2 Å². The first-order chi connectivity index (χ1) is 10.4. The normalized spacial score (nSPS) is 11.2. The molecule has 118 valence electrons. The highest BCUT2D eigenvalue weighted by atomic mass is 32.2. The number of sulfonamides is 1. The molecule has 2 rings (SSSR count). The summed E-state index contributed by atoms with van der Waals surface area (Å²) < 4.78 is 25.9. The number of benzene rings is 1. The molecule has 0 bridgehead atoms. The molecule has 0 aliphatic carbocycles. The lowest BCUT2D eigenvalue weighted by Gasteiger charge is -2.10. The molecule has 0 saturated carbocycles. The molecule has 0 unspecified atom stereocenters. The quantitative estimate of drug-likeness (QED) is 0.853. The van der Waals surface area contributed by atoms with Crippen molar-refractivity contribution >= 4 is 27.2 Å². The molecule has 0 atom stereocenters. The minimum absolute atomic E-state index is 0.107. The first-order valence-corrected chi connectivity index (χ1v) is 8.85. The second-order valence-corrected chi connectivity index (χ2v) is 7.20. The van der Waals surface area contributed by atoms with E-state index in [9.17, 15) is 8.42 Å². The molecule has 0 saturated heterocycles. The van der Waals surface area contributed by atoms with Crippen LogP contribution < -0.4 is 10.0 Å². The van der Waals surface area contributed by atoms with E-state index in [1.807, 2.05) is 32.9 Å². The minimum Gasteiger partial charge on any atom is -0.340 e. The lowest BCUT2D eigenvalue weighted by Crippen LogP contribution is -2.16. The number of hydrogen-bond donors (Lipinski definition) is 2. The van der Waals surface area contributed by atoms with Gasteiger partial charge in [-0.3, -0.25) is 4.72 Å². The second kappa shape index (κ2) is 6.79. The first-order valence-electron chi connectivity index (χ1n) is 7.20. The van der Waals surface area contributed by atoms with Crippen molar-refractivity contribution < 1.29 is 8.42 Å². The monoisotopic (exact) mass is 319 g/mol. The third-order valence-electron chi connectivity index (χ3n) is 3.00. The lowest BCUT2D eigenvalue weighted by atomic mass is 10.1. The molecular formula is C16H21N3O2S. The van der Waals surface area contributed by atoms with Crippen LogP contribution in [0.15, 0.2) is 36.5 Å². The first kappa shape index (κ1) is 16.3. The summed E-state index contributed by atoms with van der Waals surface area (Å²) in [5.41, 5.74) is 3.78. The van der Waals surface area contributed by atoms with Gasteiger partial charge in [-0.05, 0) is 55.7 Å². The van der Waals surface area contributed by atoms with Gasteiger partial charge in [0.05, 0.1) is 17.6 Å². The van der Waals surface area contributed by atoms with E-state index in [0.717, 1.165) is 5.69 Å². The summed E-state index contributed by atoms with van der Waals surface area (Å²) in [6.07, 6.45) is 2.09. The van der Waals surface area contributed by atoms with E-state index >= 15 is 0 Å². The highest BCUT2D eigenvalue weighted by Gasteiger charge is 2.08. The molecule has 2 N–H and O–H groups in total. The van der Waals surface area contributed by atoms with E-state index in [1.54, 1.807) is 12.1 Å². The molecule has 1 aromatic carbocycles. The van der Waals surface area contributed by atoms with Crippen LogP contribution in [0.25, 0.3) is 0 Å². The summed E-state index contributed by atoms with van der Waals surface area (Å²) in [6.45, 7) is 5.91. The average molecular weight is 319 g/mol. The van der Waals surface area contributed by atoms with Crippen LogP contribution in [0.1, 0.15) is 24.5 Å². The summed E-state index contributed by atoms with van der Waals surface area (Å²) >= 11 is 0. The molecule has 0 amide bonds. The Hall–Kier alpha value is -2.08. The zero-order chi connectivity index (χ0) is 16.2. The summed E-state index contributed by atoms with van der Waals surface area (Å²) in [5, 5.41) is 3.21. The maximum absolute atomic E-state index is 11.7. The van der Waals surface area contributed by atoms with Crippen LogP contribution >= 0.6 is 0 Å². The molecule has 22 heavy (non-hydrogen) atoms. The lowest BCUT2D eigenvalue weighted by molar-refractivity contribution is 0.600. The Bertz CT molecular complexity index is 720. The molecule has 1 aromatic heterocycles. The average Bonchev–Trinajstić information content (AvgIpc) is 2.39. The Labute approximate surface area is 131 Å². The summed E-state index contributed by atoms with van der Waals surface area (Å²) in [4.78, 5) is 4.24. The third-order valence-corrected chi connectivity index (χ3v) is 4.50.